The van der Waals surface area contributed by atoms with Crippen molar-refractivity contribution in [2.75, 3.05) is 13.7 Å². The molecule has 0 saturated heterocycles. The summed E-state index contributed by atoms with van der Waals surface area (Å²) >= 11 is 0. The topological polar surface area (TPSA) is 35.5 Å². The fourth-order valence-electron chi connectivity index (χ4n) is 1.07. The van der Waals surface area contributed by atoms with Gasteiger partial charge in [0.05, 0.1) is 19.3 Å². The third kappa shape index (κ3) is 4.34. The molecule has 1 aromatic carbocycles. The maximum Gasteiger partial charge on any atom is 0.337 e. The minimum absolute atomic E-state index is 0. The van der Waals surface area contributed by atoms with E-state index in [2.05, 4.69) is 18.6 Å². The Kier molecular flexibility index (Phi) is 6.23. The highest BCUT2D eigenvalue weighted by molar-refractivity contribution is 5.89. The first-order chi connectivity index (χ1) is 7.13. The van der Waals surface area contributed by atoms with Crippen LogP contribution in [0.15, 0.2) is 24.3 Å². The first-order valence-corrected chi connectivity index (χ1v) is 4.94. The molecule has 0 unspecified atom stereocenters. The quantitative estimate of drug-likeness (QED) is 0.737. The first kappa shape index (κ1) is 14.5. The first-order valence-electron chi connectivity index (χ1n) is 4.94. The van der Waals surface area contributed by atoms with E-state index in [4.69, 9.17) is 4.74 Å². The maximum atomic E-state index is 11.1. The third-order valence-corrected chi connectivity index (χ3v) is 1.86. The summed E-state index contributed by atoms with van der Waals surface area (Å²) in [7, 11) is 1.37. The fraction of sp³-hybridized carbons (Fsp3) is 0.462. The smallest absolute Gasteiger partial charge is 0.337 e. The molecule has 0 heterocycles. The summed E-state index contributed by atoms with van der Waals surface area (Å²) in [5, 5.41) is 0. The molecule has 0 radical (unpaired) electrons. The van der Waals surface area contributed by atoms with Crippen LogP contribution >= 0.6 is 0 Å². The Balaban J connectivity index is 0.00000225. The molecule has 3 nitrogen and oxygen atoms in total. The molecule has 1 aromatic rings. The van der Waals surface area contributed by atoms with Crippen molar-refractivity contribution in [1.29, 1.82) is 0 Å². The lowest BCUT2D eigenvalue weighted by Gasteiger charge is -2.08. The second-order valence-corrected chi connectivity index (χ2v) is 3.72. The van der Waals surface area contributed by atoms with Gasteiger partial charge in [0.25, 0.3) is 0 Å². The number of ether oxygens (including phenoxy) is 2. The molecular weight excluding hydrogens is 204 g/mol. The van der Waals surface area contributed by atoms with Crippen molar-refractivity contribution in [3.63, 3.8) is 0 Å². The summed E-state index contributed by atoms with van der Waals surface area (Å²) in [5.74, 6) is 0.937. The Bertz CT molecular complexity index is 314. The van der Waals surface area contributed by atoms with E-state index in [0.29, 0.717) is 18.1 Å². The zero-order valence-electron chi connectivity index (χ0n) is 9.32. The second kappa shape index (κ2) is 6.88. The molecule has 0 bridgehead atoms. The fourth-order valence-corrected chi connectivity index (χ4v) is 1.07. The number of carbonyl (C=O) groups excluding carboxylic acids is 1. The Morgan fingerprint density at radius 3 is 2.25 bits per heavy atom. The van der Waals surface area contributed by atoms with Crippen molar-refractivity contribution in [1.82, 2.24) is 0 Å². The Labute approximate surface area is 97.4 Å². The van der Waals surface area contributed by atoms with Gasteiger partial charge in [-0.25, -0.2) is 4.79 Å². The maximum absolute atomic E-state index is 11.1. The van der Waals surface area contributed by atoms with E-state index in [-0.39, 0.29) is 13.4 Å². The Hall–Kier alpha value is -1.51. The van der Waals surface area contributed by atoms with Gasteiger partial charge in [-0.05, 0) is 30.2 Å². The standard InChI is InChI=1S/C12H16O3.CH4/c1-9(2)8-15-11-6-4-10(5-7-11)12(13)14-3;/h4-7,9H,8H2,1-3H3;1H4. The molecule has 0 N–H and O–H groups in total. The van der Waals surface area contributed by atoms with Crippen LogP contribution in [0.3, 0.4) is 0 Å². The van der Waals surface area contributed by atoms with E-state index in [1.807, 2.05) is 0 Å². The third-order valence-electron chi connectivity index (χ3n) is 1.86. The molecule has 0 saturated carbocycles. The van der Waals surface area contributed by atoms with E-state index in [1.54, 1.807) is 24.3 Å². The summed E-state index contributed by atoms with van der Waals surface area (Å²) in [6, 6.07) is 6.94. The minimum atomic E-state index is -0.328. The molecule has 1 rings (SSSR count). The highest BCUT2D eigenvalue weighted by Crippen LogP contribution is 2.13. The zero-order valence-corrected chi connectivity index (χ0v) is 9.32. The minimum Gasteiger partial charge on any atom is -0.493 e. The van der Waals surface area contributed by atoms with Gasteiger partial charge in [-0.15, -0.1) is 0 Å². The number of rotatable bonds is 4. The molecule has 0 aliphatic rings. The number of hydrogen-bond donors (Lipinski definition) is 0. The van der Waals surface area contributed by atoms with Gasteiger partial charge in [-0.3, -0.25) is 0 Å². The summed E-state index contributed by atoms with van der Waals surface area (Å²) in [6.07, 6.45) is 0. The van der Waals surface area contributed by atoms with Crippen LogP contribution in [0.5, 0.6) is 5.75 Å². The number of hydrogen-bond acceptors (Lipinski definition) is 3. The SMILES string of the molecule is C.COC(=O)c1ccc(OCC(C)C)cc1. The average Bonchev–Trinajstić information content (AvgIpc) is 2.26. The van der Waals surface area contributed by atoms with E-state index >= 15 is 0 Å². The normalized spacial score (nSPS) is 9.50. The monoisotopic (exact) mass is 224 g/mol. The number of methoxy groups -OCH3 is 1. The summed E-state index contributed by atoms with van der Waals surface area (Å²) in [4.78, 5) is 11.1. The molecule has 3 heteroatoms. The van der Waals surface area contributed by atoms with Gasteiger partial charge in [0.2, 0.25) is 0 Å². The Morgan fingerprint density at radius 1 is 1.25 bits per heavy atom. The van der Waals surface area contributed by atoms with Crippen LogP contribution in [0.2, 0.25) is 0 Å². The van der Waals surface area contributed by atoms with Crippen molar-refractivity contribution >= 4 is 5.97 Å². The van der Waals surface area contributed by atoms with Crippen molar-refractivity contribution in [3.05, 3.63) is 29.8 Å². The Morgan fingerprint density at radius 2 is 1.81 bits per heavy atom. The molecule has 0 aromatic heterocycles. The number of benzene rings is 1. The molecular formula is C13H20O3. The largest absolute Gasteiger partial charge is 0.493 e. The summed E-state index contributed by atoms with van der Waals surface area (Å²) in [6.45, 7) is 4.85. The van der Waals surface area contributed by atoms with Crippen LogP contribution < -0.4 is 4.74 Å². The van der Waals surface area contributed by atoms with Crippen LogP contribution in [-0.4, -0.2) is 19.7 Å². The lowest BCUT2D eigenvalue weighted by atomic mass is 10.2. The summed E-state index contributed by atoms with van der Waals surface area (Å²) < 4.78 is 10.1. The molecule has 0 aliphatic carbocycles. The van der Waals surface area contributed by atoms with Gasteiger partial charge < -0.3 is 9.47 Å². The molecule has 0 spiro atoms. The number of esters is 1. The molecule has 0 amide bonds. The van der Waals surface area contributed by atoms with Crippen LogP contribution in [-0.2, 0) is 4.74 Å². The van der Waals surface area contributed by atoms with Crippen LogP contribution in [0.1, 0.15) is 31.6 Å². The zero-order chi connectivity index (χ0) is 11.3. The second-order valence-electron chi connectivity index (χ2n) is 3.72. The van der Waals surface area contributed by atoms with Crippen molar-refractivity contribution in [3.8, 4) is 5.75 Å². The van der Waals surface area contributed by atoms with E-state index < -0.39 is 0 Å². The van der Waals surface area contributed by atoms with Crippen molar-refractivity contribution in [2.45, 2.75) is 21.3 Å². The highest BCUT2D eigenvalue weighted by atomic mass is 16.5. The lowest BCUT2D eigenvalue weighted by Crippen LogP contribution is -2.05. The lowest BCUT2D eigenvalue weighted by molar-refractivity contribution is 0.0600. The van der Waals surface area contributed by atoms with Gasteiger partial charge in [0.15, 0.2) is 0 Å². The van der Waals surface area contributed by atoms with E-state index in [1.165, 1.54) is 7.11 Å². The van der Waals surface area contributed by atoms with Crippen LogP contribution in [0.4, 0.5) is 0 Å². The van der Waals surface area contributed by atoms with Crippen LogP contribution in [0.25, 0.3) is 0 Å². The number of carbonyl (C=O) groups is 1. The predicted molar refractivity (Wildman–Crippen MR) is 64.8 cm³/mol. The molecule has 90 valence electrons. The van der Waals surface area contributed by atoms with Crippen molar-refractivity contribution < 1.29 is 14.3 Å². The molecule has 0 fully saturated rings. The van der Waals surface area contributed by atoms with E-state index in [0.717, 1.165) is 5.75 Å². The summed E-state index contributed by atoms with van der Waals surface area (Å²) in [5.41, 5.74) is 0.536. The van der Waals surface area contributed by atoms with Crippen molar-refractivity contribution in [2.24, 2.45) is 5.92 Å². The van der Waals surface area contributed by atoms with Gasteiger partial charge in [0, 0.05) is 0 Å². The highest BCUT2D eigenvalue weighted by Gasteiger charge is 2.04. The van der Waals surface area contributed by atoms with Gasteiger partial charge in [-0.2, -0.15) is 0 Å². The average molecular weight is 224 g/mol. The predicted octanol–water partition coefficient (Wildman–Crippen LogP) is 3.14. The van der Waals surface area contributed by atoms with Gasteiger partial charge in [0.1, 0.15) is 5.75 Å². The molecule has 0 aliphatic heterocycles. The molecule has 0 atom stereocenters. The van der Waals surface area contributed by atoms with Gasteiger partial charge >= 0.3 is 5.97 Å². The van der Waals surface area contributed by atoms with E-state index in [9.17, 15) is 4.79 Å². The molecule has 16 heavy (non-hydrogen) atoms. The van der Waals surface area contributed by atoms with Crippen LogP contribution in [0, 0.1) is 5.92 Å². The van der Waals surface area contributed by atoms with Gasteiger partial charge in [-0.1, -0.05) is 21.3 Å².